The fourth-order valence-electron chi connectivity index (χ4n) is 2.16. The van der Waals surface area contributed by atoms with Crippen molar-refractivity contribution in [3.05, 3.63) is 24.5 Å². The summed E-state index contributed by atoms with van der Waals surface area (Å²) in [5.74, 6) is 1.23. The Balaban J connectivity index is 1.73. The normalized spacial score (nSPS) is 19.3. The highest BCUT2D eigenvalue weighted by atomic mass is 16.7. The van der Waals surface area contributed by atoms with Gasteiger partial charge in [-0.3, -0.25) is 4.98 Å². The summed E-state index contributed by atoms with van der Waals surface area (Å²) in [6, 6.07) is 3.50. The first-order valence-electron chi connectivity index (χ1n) is 6.75. The van der Waals surface area contributed by atoms with Gasteiger partial charge < -0.3 is 19.5 Å². The van der Waals surface area contributed by atoms with Crippen molar-refractivity contribution in [3.63, 3.8) is 0 Å². The largest absolute Gasteiger partial charge is 0.462 e. The molecule has 2 heterocycles. The fourth-order valence-corrected chi connectivity index (χ4v) is 2.16. The highest BCUT2D eigenvalue weighted by Crippen LogP contribution is 2.17. The molecule has 1 aromatic rings. The molecule has 19 heavy (non-hydrogen) atoms. The number of likely N-dealkylation sites (tertiary alicyclic amines) is 1. The molecule has 1 aliphatic rings. The first-order chi connectivity index (χ1) is 9.28. The summed E-state index contributed by atoms with van der Waals surface area (Å²) >= 11 is 0. The van der Waals surface area contributed by atoms with E-state index in [4.69, 9.17) is 9.47 Å². The Morgan fingerprint density at radius 3 is 2.68 bits per heavy atom. The number of hydrogen-bond acceptors (Lipinski definition) is 5. The lowest BCUT2D eigenvalue weighted by Gasteiger charge is -2.29. The van der Waals surface area contributed by atoms with Crippen LogP contribution in [0.3, 0.4) is 0 Å². The molecule has 1 saturated heterocycles. The van der Waals surface area contributed by atoms with Crippen LogP contribution in [-0.2, 0) is 4.74 Å². The van der Waals surface area contributed by atoms with Gasteiger partial charge in [0.1, 0.15) is 12.4 Å². The van der Waals surface area contributed by atoms with Crippen molar-refractivity contribution < 1.29 is 14.6 Å². The van der Waals surface area contributed by atoms with Crippen molar-refractivity contribution in [2.45, 2.75) is 19.1 Å². The van der Waals surface area contributed by atoms with E-state index in [1.807, 2.05) is 0 Å². The van der Waals surface area contributed by atoms with E-state index in [1.54, 1.807) is 24.5 Å². The molecular formula is C14H22N2O3. The van der Waals surface area contributed by atoms with E-state index in [0.717, 1.165) is 25.9 Å². The SMILES string of the molecule is CN1CCC(COC(CO)Oc2ccncc2)CC1. The van der Waals surface area contributed by atoms with Crippen LogP contribution in [0.5, 0.6) is 5.75 Å². The Morgan fingerprint density at radius 1 is 1.37 bits per heavy atom. The lowest BCUT2D eigenvalue weighted by Crippen LogP contribution is -2.34. The number of aliphatic hydroxyl groups excluding tert-OH is 1. The standard InChI is InChI=1S/C14H22N2O3/c1-16-8-4-12(5-9-16)11-18-14(10-17)19-13-2-6-15-7-3-13/h2-3,6-7,12,14,17H,4-5,8-11H2,1H3. The van der Waals surface area contributed by atoms with Crippen LogP contribution in [-0.4, -0.2) is 54.6 Å². The predicted molar refractivity (Wildman–Crippen MR) is 71.9 cm³/mol. The van der Waals surface area contributed by atoms with Crippen molar-refractivity contribution in [3.8, 4) is 5.75 Å². The molecule has 1 fully saturated rings. The number of aliphatic hydroxyl groups is 1. The number of rotatable bonds is 6. The average Bonchev–Trinajstić information content (AvgIpc) is 2.46. The minimum Gasteiger partial charge on any atom is -0.462 e. The van der Waals surface area contributed by atoms with Crippen LogP contribution in [0.4, 0.5) is 0 Å². The maximum Gasteiger partial charge on any atom is 0.223 e. The summed E-state index contributed by atoms with van der Waals surface area (Å²) in [5.41, 5.74) is 0. The lowest BCUT2D eigenvalue weighted by atomic mass is 9.98. The van der Waals surface area contributed by atoms with Crippen LogP contribution in [0.2, 0.25) is 0 Å². The monoisotopic (exact) mass is 266 g/mol. The van der Waals surface area contributed by atoms with E-state index in [-0.39, 0.29) is 6.61 Å². The molecule has 106 valence electrons. The second-order valence-corrected chi connectivity index (χ2v) is 4.99. The van der Waals surface area contributed by atoms with Gasteiger partial charge in [0.2, 0.25) is 6.29 Å². The number of piperidine rings is 1. The number of aromatic nitrogens is 1. The van der Waals surface area contributed by atoms with Gasteiger partial charge in [-0.15, -0.1) is 0 Å². The third-order valence-electron chi connectivity index (χ3n) is 3.42. The minimum atomic E-state index is -0.595. The summed E-state index contributed by atoms with van der Waals surface area (Å²) in [7, 11) is 2.14. The van der Waals surface area contributed by atoms with Crippen LogP contribution < -0.4 is 4.74 Å². The highest BCUT2D eigenvalue weighted by Gasteiger charge is 2.19. The zero-order chi connectivity index (χ0) is 13.5. The maximum atomic E-state index is 9.29. The summed E-state index contributed by atoms with van der Waals surface area (Å²) in [4.78, 5) is 6.24. The molecule has 1 aliphatic heterocycles. The van der Waals surface area contributed by atoms with Crippen LogP contribution in [0.15, 0.2) is 24.5 Å². The average molecular weight is 266 g/mol. The molecule has 0 aliphatic carbocycles. The lowest BCUT2D eigenvalue weighted by molar-refractivity contribution is -0.119. The van der Waals surface area contributed by atoms with Crippen LogP contribution in [0, 0.1) is 5.92 Å². The van der Waals surface area contributed by atoms with Crippen molar-refractivity contribution in [2.24, 2.45) is 5.92 Å². The van der Waals surface area contributed by atoms with Crippen molar-refractivity contribution >= 4 is 0 Å². The molecule has 5 heteroatoms. The fraction of sp³-hybridized carbons (Fsp3) is 0.643. The smallest absolute Gasteiger partial charge is 0.223 e. The number of pyridine rings is 1. The highest BCUT2D eigenvalue weighted by molar-refractivity contribution is 5.16. The van der Waals surface area contributed by atoms with Gasteiger partial charge in [0.25, 0.3) is 0 Å². The molecule has 1 unspecified atom stereocenters. The molecule has 1 N–H and O–H groups in total. The molecule has 5 nitrogen and oxygen atoms in total. The van der Waals surface area contributed by atoms with E-state index >= 15 is 0 Å². The quantitative estimate of drug-likeness (QED) is 0.782. The molecule has 0 spiro atoms. The Morgan fingerprint density at radius 2 is 2.05 bits per heavy atom. The number of nitrogens with zero attached hydrogens (tertiary/aromatic N) is 2. The summed E-state index contributed by atoms with van der Waals surface area (Å²) in [6.45, 7) is 2.73. The molecule has 0 bridgehead atoms. The Hall–Kier alpha value is -1.17. The van der Waals surface area contributed by atoms with E-state index in [9.17, 15) is 5.11 Å². The van der Waals surface area contributed by atoms with E-state index in [1.165, 1.54) is 0 Å². The molecule has 1 atom stereocenters. The van der Waals surface area contributed by atoms with Gasteiger partial charge >= 0.3 is 0 Å². The minimum absolute atomic E-state index is 0.144. The molecule has 2 rings (SSSR count). The number of ether oxygens (including phenoxy) is 2. The molecule has 0 saturated carbocycles. The Labute approximate surface area is 114 Å². The van der Waals surface area contributed by atoms with Gasteiger partial charge in [-0.1, -0.05) is 0 Å². The Bertz CT molecular complexity index is 353. The molecule has 0 amide bonds. The van der Waals surface area contributed by atoms with Gasteiger partial charge in [0.05, 0.1) is 6.61 Å². The first-order valence-corrected chi connectivity index (χ1v) is 6.75. The van der Waals surface area contributed by atoms with E-state index in [0.29, 0.717) is 18.3 Å². The zero-order valence-corrected chi connectivity index (χ0v) is 11.4. The predicted octanol–water partition coefficient (Wildman–Crippen LogP) is 1.14. The van der Waals surface area contributed by atoms with Gasteiger partial charge in [-0.2, -0.15) is 0 Å². The molecule has 0 radical (unpaired) electrons. The van der Waals surface area contributed by atoms with Crippen LogP contribution >= 0.6 is 0 Å². The number of hydrogen-bond donors (Lipinski definition) is 1. The summed E-state index contributed by atoms with van der Waals surface area (Å²) < 4.78 is 11.2. The third-order valence-corrected chi connectivity index (χ3v) is 3.42. The van der Waals surface area contributed by atoms with Crippen LogP contribution in [0.25, 0.3) is 0 Å². The topological polar surface area (TPSA) is 54.8 Å². The van der Waals surface area contributed by atoms with Gasteiger partial charge in [-0.25, -0.2) is 0 Å². The summed E-state index contributed by atoms with van der Waals surface area (Å²) in [6.07, 6.45) is 5.00. The van der Waals surface area contributed by atoms with Gasteiger partial charge in [0.15, 0.2) is 0 Å². The second-order valence-electron chi connectivity index (χ2n) is 4.99. The summed E-state index contributed by atoms with van der Waals surface area (Å²) in [5, 5.41) is 9.29. The Kier molecular flexibility index (Phi) is 5.57. The zero-order valence-electron chi connectivity index (χ0n) is 11.4. The molecule has 0 aromatic carbocycles. The van der Waals surface area contributed by atoms with Crippen molar-refractivity contribution in [1.82, 2.24) is 9.88 Å². The second kappa shape index (κ2) is 7.43. The van der Waals surface area contributed by atoms with Gasteiger partial charge in [0, 0.05) is 12.4 Å². The van der Waals surface area contributed by atoms with E-state index < -0.39 is 6.29 Å². The van der Waals surface area contributed by atoms with E-state index in [2.05, 4.69) is 16.9 Å². The first kappa shape index (κ1) is 14.2. The molecular weight excluding hydrogens is 244 g/mol. The van der Waals surface area contributed by atoms with Crippen molar-refractivity contribution in [2.75, 3.05) is 33.4 Å². The van der Waals surface area contributed by atoms with Crippen molar-refractivity contribution in [1.29, 1.82) is 0 Å². The van der Waals surface area contributed by atoms with Crippen LogP contribution in [0.1, 0.15) is 12.8 Å². The maximum absolute atomic E-state index is 9.29. The van der Waals surface area contributed by atoms with Gasteiger partial charge in [-0.05, 0) is 51.0 Å². The molecule has 1 aromatic heterocycles. The third kappa shape index (κ3) is 4.78.